The molecule has 6 heteroatoms. The average Bonchev–Trinajstić information content (AvgIpc) is 2.94. The second-order valence-corrected chi connectivity index (χ2v) is 7.78. The molecule has 2 aromatic carbocycles. The zero-order valence-electron chi connectivity index (χ0n) is 16.7. The molecule has 0 spiro atoms. The number of urea groups is 1. The van der Waals surface area contributed by atoms with Crippen molar-refractivity contribution in [1.29, 1.82) is 0 Å². The number of nitrogens with one attached hydrogen (secondary N) is 1. The van der Waals surface area contributed by atoms with E-state index in [1.165, 1.54) is 31.4 Å². The van der Waals surface area contributed by atoms with Crippen LogP contribution in [0.2, 0.25) is 0 Å². The highest BCUT2D eigenvalue weighted by Gasteiger charge is 2.49. The summed E-state index contributed by atoms with van der Waals surface area (Å²) in [5.41, 5.74) is 1.68. The van der Waals surface area contributed by atoms with Crippen LogP contribution in [0.3, 0.4) is 0 Å². The predicted octanol–water partition coefficient (Wildman–Crippen LogP) is 3.87. The third-order valence-corrected chi connectivity index (χ3v) is 5.71. The number of benzene rings is 2. The van der Waals surface area contributed by atoms with Crippen molar-refractivity contribution in [3.8, 4) is 0 Å². The fraction of sp³-hybridized carbons (Fsp3) is 0.348. The Balaban J connectivity index is 1.47. The molecular weight excluding hydrogens is 364 g/mol. The highest BCUT2D eigenvalue weighted by atomic mass is 16.2. The Labute approximate surface area is 171 Å². The van der Waals surface area contributed by atoms with Crippen LogP contribution in [0.15, 0.2) is 59.7 Å². The molecule has 4 rings (SSSR count). The van der Waals surface area contributed by atoms with E-state index in [0.29, 0.717) is 0 Å². The molecule has 0 bridgehead atoms. The Kier molecular flexibility index (Phi) is 5.34. The number of rotatable bonds is 4. The first kappa shape index (κ1) is 19.2. The number of hydrogen-bond donors (Lipinski definition) is 1. The van der Waals surface area contributed by atoms with E-state index in [1.807, 2.05) is 42.5 Å². The Morgan fingerprint density at radius 1 is 0.931 bits per heavy atom. The number of carbonyl (C=O) groups excluding carboxylic acids is 2. The van der Waals surface area contributed by atoms with Gasteiger partial charge in [0.25, 0.3) is 5.91 Å². The SMILES string of the molecule is C[C@]1(c2ccccc2)NC(=O)N(/N=C\c2ccc(N3CCCCCC3)cc2)C1=O. The Hall–Kier alpha value is -3.15. The number of hydrogen-bond acceptors (Lipinski definition) is 4. The summed E-state index contributed by atoms with van der Waals surface area (Å²) in [6, 6.07) is 16.8. The number of imide groups is 1. The second-order valence-electron chi connectivity index (χ2n) is 7.78. The summed E-state index contributed by atoms with van der Waals surface area (Å²) in [5.74, 6) is -0.383. The largest absolute Gasteiger partial charge is 0.372 e. The van der Waals surface area contributed by atoms with Crippen molar-refractivity contribution in [1.82, 2.24) is 10.3 Å². The van der Waals surface area contributed by atoms with Crippen LogP contribution in [0.25, 0.3) is 0 Å². The van der Waals surface area contributed by atoms with Gasteiger partial charge in [0.05, 0.1) is 6.21 Å². The molecule has 2 aliphatic rings. The van der Waals surface area contributed by atoms with E-state index in [0.717, 1.165) is 29.2 Å². The summed E-state index contributed by atoms with van der Waals surface area (Å²) in [6.45, 7) is 3.88. The van der Waals surface area contributed by atoms with Gasteiger partial charge in [-0.15, -0.1) is 5.01 Å². The molecule has 0 aliphatic carbocycles. The summed E-state index contributed by atoms with van der Waals surface area (Å²) in [7, 11) is 0. The molecule has 0 radical (unpaired) electrons. The quantitative estimate of drug-likeness (QED) is 0.637. The zero-order chi connectivity index (χ0) is 20.3. The van der Waals surface area contributed by atoms with Crippen molar-refractivity contribution < 1.29 is 9.59 Å². The van der Waals surface area contributed by atoms with Gasteiger partial charge in [-0.1, -0.05) is 55.3 Å². The molecule has 6 nitrogen and oxygen atoms in total. The van der Waals surface area contributed by atoms with Gasteiger partial charge in [-0.05, 0) is 43.0 Å². The van der Waals surface area contributed by atoms with Crippen LogP contribution >= 0.6 is 0 Å². The lowest BCUT2D eigenvalue weighted by atomic mass is 9.92. The first-order valence-corrected chi connectivity index (χ1v) is 10.2. The number of amides is 3. The van der Waals surface area contributed by atoms with Crippen molar-refractivity contribution in [3.05, 3.63) is 65.7 Å². The molecule has 150 valence electrons. The van der Waals surface area contributed by atoms with Gasteiger partial charge in [-0.3, -0.25) is 4.79 Å². The first-order chi connectivity index (χ1) is 14.1. The van der Waals surface area contributed by atoms with E-state index in [1.54, 1.807) is 13.1 Å². The maximum Gasteiger partial charge on any atom is 0.346 e. The second kappa shape index (κ2) is 8.07. The monoisotopic (exact) mass is 390 g/mol. The van der Waals surface area contributed by atoms with Gasteiger partial charge in [0.1, 0.15) is 5.54 Å². The number of nitrogens with zero attached hydrogens (tertiary/aromatic N) is 3. The maximum atomic E-state index is 12.9. The van der Waals surface area contributed by atoms with Crippen molar-refractivity contribution in [2.75, 3.05) is 18.0 Å². The van der Waals surface area contributed by atoms with Gasteiger partial charge in [0.15, 0.2) is 0 Å². The zero-order valence-corrected chi connectivity index (χ0v) is 16.7. The van der Waals surface area contributed by atoms with E-state index in [2.05, 4.69) is 27.5 Å². The summed E-state index contributed by atoms with van der Waals surface area (Å²) in [6.07, 6.45) is 6.62. The minimum Gasteiger partial charge on any atom is -0.372 e. The minimum atomic E-state index is -1.10. The van der Waals surface area contributed by atoms with E-state index in [4.69, 9.17) is 0 Å². The average molecular weight is 390 g/mol. The molecule has 1 atom stereocenters. The van der Waals surface area contributed by atoms with Crippen molar-refractivity contribution in [3.63, 3.8) is 0 Å². The fourth-order valence-electron chi connectivity index (χ4n) is 3.92. The van der Waals surface area contributed by atoms with E-state index < -0.39 is 11.6 Å². The van der Waals surface area contributed by atoms with Gasteiger partial charge in [-0.25, -0.2) is 4.79 Å². The topological polar surface area (TPSA) is 65.0 Å². The molecular formula is C23H26N4O2. The number of carbonyl (C=O) groups is 2. The molecule has 0 aromatic heterocycles. The highest BCUT2D eigenvalue weighted by Crippen LogP contribution is 2.28. The molecule has 2 aliphatic heterocycles. The van der Waals surface area contributed by atoms with Gasteiger partial charge in [-0.2, -0.15) is 5.10 Å². The van der Waals surface area contributed by atoms with Gasteiger partial charge in [0.2, 0.25) is 0 Å². The first-order valence-electron chi connectivity index (χ1n) is 10.2. The Morgan fingerprint density at radius 2 is 1.59 bits per heavy atom. The third-order valence-electron chi connectivity index (χ3n) is 5.71. The van der Waals surface area contributed by atoms with Crippen LogP contribution in [0.4, 0.5) is 10.5 Å². The molecule has 2 heterocycles. The van der Waals surface area contributed by atoms with Crippen molar-refractivity contribution >= 4 is 23.8 Å². The highest BCUT2D eigenvalue weighted by molar-refractivity contribution is 6.07. The van der Waals surface area contributed by atoms with Gasteiger partial charge >= 0.3 is 6.03 Å². The predicted molar refractivity (Wildman–Crippen MR) is 114 cm³/mol. The van der Waals surface area contributed by atoms with Crippen LogP contribution in [-0.2, 0) is 10.3 Å². The molecule has 2 aromatic rings. The van der Waals surface area contributed by atoms with Gasteiger partial charge < -0.3 is 10.2 Å². The van der Waals surface area contributed by atoms with E-state index in [-0.39, 0.29) is 5.91 Å². The van der Waals surface area contributed by atoms with Crippen molar-refractivity contribution in [2.24, 2.45) is 5.10 Å². The third kappa shape index (κ3) is 3.88. The molecule has 2 fully saturated rings. The lowest BCUT2D eigenvalue weighted by Gasteiger charge is -2.22. The maximum absolute atomic E-state index is 12.9. The summed E-state index contributed by atoms with van der Waals surface area (Å²) in [5, 5.41) is 7.84. The molecule has 3 amide bonds. The van der Waals surface area contributed by atoms with Crippen LogP contribution < -0.4 is 10.2 Å². The normalized spacial score (nSPS) is 22.8. The summed E-state index contributed by atoms with van der Waals surface area (Å²) >= 11 is 0. The molecule has 2 saturated heterocycles. The Bertz CT molecular complexity index is 902. The van der Waals surface area contributed by atoms with Crippen LogP contribution in [0.5, 0.6) is 0 Å². The molecule has 29 heavy (non-hydrogen) atoms. The van der Waals surface area contributed by atoms with Crippen LogP contribution in [0.1, 0.15) is 43.7 Å². The fourth-order valence-corrected chi connectivity index (χ4v) is 3.92. The van der Waals surface area contributed by atoms with E-state index in [9.17, 15) is 9.59 Å². The molecule has 0 saturated carbocycles. The molecule has 1 N–H and O–H groups in total. The summed E-state index contributed by atoms with van der Waals surface area (Å²) in [4.78, 5) is 27.6. The van der Waals surface area contributed by atoms with Crippen molar-refractivity contribution in [2.45, 2.75) is 38.1 Å². The van der Waals surface area contributed by atoms with Gasteiger partial charge in [0, 0.05) is 18.8 Å². The van der Waals surface area contributed by atoms with Crippen LogP contribution in [-0.4, -0.2) is 36.3 Å². The number of hydrazone groups is 1. The number of anilines is 1. The smallest absolute Gasteiger partial charge is 0.346 e. The van der Waals surface area contributed by atoms with E-state index >= 15 is 0 Å². The molecule has 0 unspecified atom stereocenters. The Morgan fingerprint density at radius 3 is 2.24 bits per heavy atom. The lowest BCUT2D eigenvalue weighted by Crippen LogP contribution is -2.40. The lowest BCUT2D eigenvalue weighted by molar-refractivity contribution is -0.131. The standard InChI is InChI=1S/C23H26N4O2/c1-23(19-9-5-4-6-10-19)21(28)27(22(29)25-23)24-17-18-11-13-20(14-12-18)26-15-7-2-3-8-16-26/h4-6,9-14,17H,2-3,7-8,15-16H2,1H3,(H,25,29)/b24-17-/t23-/m1/s1. The minimum absolute atomic E-state index is 0.383. The van der Waals surface area contributed by atoms with Crippen LogP contribution in [0, 0.1) is 0 Å². The summed E-state index contributed by atoms with van der Waals surface area (Å²) < 4.78 is 0.